The van der Waals surface area contributed by atoms with E-state index in [0.29, 0.717) is 6.42 Å². The van der Waals surface area contributed by atoms with E-state index in [1.807, 2.05) is 0 Å². The Balaban J connectivity index is 2.19. The minimum atomic E-state index is -3.81. The molecule has 1 aliphatic rings. The highest BCUT2D eigenvalue weighted by Crippen LogP contribution is 2.14. The number of sulfonamides is 1. The fourth-order valence-corrected chi connectivity index (χ4v) is 3.19. The number of piperidine rings is 1. The van der Waals surface area contributed by atoms with Gasteiger partial charge in [-0.1, -0.05) is 0 Å². The van der Waals surface area contributed by atoms with E-state index in [1.165, 1.54) is 18.3 Å². The Kier molecular flexibility index (Phi) is 3.78. The summed E-state index contributed by atoms with van der Waals surface area (Å²) in [7, 11) is -3.81. The van der Waals surface area contributed by atoms with E-state index >= 15 is 0 Å². The zero-order chi connectivity index (χ0) is 13.9. The van der Waals surface area contributed by atoms with Crippen LogP contribution in [0.25, 0.3) is 0 Å². The number of pyridine rings is 1. The van der Waals surface area contributed by atoms with Crippen molar-refractivity contribution in [3.63, 3.8) is 0 Å². The summed E-state index contributed by atoms with van der Waals surface area (Å²) in [6.07, 6.45) is 2.08. The molecule has 2 heterocycles. The third-order valence-electron chi connectivity index (χ3n) is 2.75. The van der Waals surface area contributed by atoms with Gasteiger partial charge in [0.1, 0.15) is 11.0 Å². The minimum absolute atomic E-state index is 0.0884. The van der Waals surface area contributed by atoms with Gasteiger partial charge in [-0.05, 0) is 18.6 Å². The van der Waals surface area contributed by atoms with Crippen LogP contribution in [0.2, 0.25) is 0 Å². The molecule has 0 aromatic carbocycles. The highest BCUT2D eigenvalue weighted by atomic mass is 32.2. The molecule has 0 radical (unpaired) electrons. The molecule has 0 spiro atoms. The van der Waals surface area contributed by atoms with Crippen LogP contribution in [0.3, 0.4) is 0 Å². The van der Waals surface area contributed by atoms with Crippen LogP contribution in [-0.2, 0) is 14.8 Å². The molecule has 19 heavy (non-hydrogen) atoms. The van der Waals surface area contributed by atoms with Gasteiger partial charge in [0.25, 0.3) is 0 Å². The average molecular weight is 280 g/mol. The number of nitrogens with zero attached hydrogens (tertiary/aromatic N) is 2. The van der Waals surface area contributed by atoms with E-state index in [-0.39, 0.29) is 35.5 Å². The van der Waals surface area contributed by atoms with Crippen LogP contribution in [0.1, 0.15) is 18.5 Å². The van der Waals surface area contributed by atoms with Crippen LogP contribution >= 0.6 is 0 Å². The van der Waals surface area contributed by atoms with Crippen LogP contribution < -0.4 is 10.0 Å². The van der Waals surface area contributed by atoms with Crippen molar-refractivity contribution in [2.24, 2.45) is 0 Å². The quantitative estimate of drug-likeness (QED) is 0.776. The topological polar surface area (TPSA) is 112 Å². The number of amides is 1. The zero-order valence-electron chi connectivity index (χ0n) is 9.96. The standard InChI is InChI=1S/C11H12N4O3S/c12-6-9-10(2-1-5-13-9)19(17,18)15-8-3-4-11(16)14-7-8/h1-2,5,8,15H,3-4,7H2,(H,14,16). The lowest BCUT2D eigenvalue weighted by Gasteiger charge is -2.23. The van der Waals surface area contributed by atoms with E-state index in [0.717, 1.165) is 0 Å². The summed E-state index contributed by atoms with van der Waals surface area (Å²) in [5, 5.41) is 11.4. The number of hydrogen-bond donors (Lipinski definition) is 2. The average Bonchev–Trinajstić information content (AvgIpc) is 2.41. The third kappa shape index (κ3) is 3.07. The molecular weight excluding hydrogens is 268 g/mol. The van der Waals surface area contributed by atoms with Crippen molar-refractivity contribution >= 4 is 15.9 Å². The molecule has 1 unspecified atom stereocenters. The molecule has 0 aliphatic carbocycles. The molecule has 8 heteroatoms. The first-order valence-corrected chi connectivity index (χ1v) is 7.15. The Labute approximate surface area is 110 Å². The number of nitrogens with one attached hydrogen (secondary N) is 2. The van der Waals surface area contributed by atoms with E-state index < -0.39 is 10.0 Å². The predicted molar refractivity (Wildman–Crippen MR) is 65.3 cm³/mol. The molecule has 1 aromatic heterocycles. The molecule has 1 atom stereocenters. The number of hydrogen-bond acceptors (Lipinski definition) is 5. The number of rotatable bonds is 3. The van der Waals surface area contributed by atoms with Gasteiger partial charge in [-0.15, -0.1) is 0 Å². The minimum Gasteiger partial charge on any atom is -0.355 e. The van der Waals surface area contributed by atoms with Crippen molar-refractivity contribution in [2.75, 3.05) is 6.54 Å². The van der Waals surface area contributed by atoms with E-state index in [2.05, 4.69) is 15.0 Å². The lowest BCUT2D eigenvalue weighted by atomic mass is 10.1. The van der Waals surface area contributed by atoms with E-state index in [1.54, 1.807) is 6.07 Å². The third-order valence-corrected chi connectivity index (χ3v) is 4.31. The van der Waals surface area contributed by atoms with Gasteiger partial charge in [0.15, 0.2) is 5.69 Å². The van der Waals surface area contributed by atoms with Gasteiger partial charge < -0.3 is 5.32 Å². The second-order valence-corrected chi connectivity index (χ2v) is 5.81. The smallest absolute Gasteiger partial charge is 0.243 e. The van der Waals surface area contributed by atoms with Crippen LogP contribution in [0.4, 0.5) is 0 Å². The molecule has 1 fully saturated rings. The van der Waals surface area contributed by atoms with Gasteiger partial charge in [-0.2, -0.15) is 5.26 Å². The molecule has 0 bridgehead atoms. The molecule has 1 saturated heterocycles. The van der Waals surface area contributed by atoms with Gasteiger partial charge in [0, 0.05) is 25.2 Å². The molecule has 1 amide bonds. The Bertz CT molecular complexity index is 626. The number of carbonyl (C=O) groups excluding carboxylic acids is 1. The Morgan fingerprint density at radius 1 is 1.53 bits per heavy atom. The van der Waals surface area contributed by atoms with Crippen molar-refractivity contribution < 1.29 is 13.2 Å². The van der Waals surface area contributed by atoms with E-state index in [4.69, 9.17) is 5.26 Å². The molecule has 7 nitrogen and oxygen atoms in total. The Morgan fingerprint density at radius 2 is 2.32 bits per heavy atom. The largest absolute Gasteiger partial charge is 0.355 e. The molecule has 100 valence electrons. The van der Waals surface area contributed by atoms with Crippen molar-refractivity contribution in [1.82, 2.24) is 15.0 Å². The molecular formula is C11H12N4O3S. The van der Waals surface area contributed by atoms with E-state index in [9.17, 15) is 13.2 Å². The van der Waals surface area contributed by atoms with Crippen molar-refractivity contribution in [3.05, 3.63) is 24.0 Å². The van der Waals surface area contributed by atoms with Gasteiger partial charge in [-0.3, -0.25) is 4.79 Å². The van der Waals surface area contributed by atoms with Crippen LogP contribution in [0.5, 0.6) is 0 Å². The maximum Gasteiger partial charge on any atom is 0.243 e. The first kappa shape index (κ1) is 13.5. The number of carbonyl (C=O) groups is 1. The van der Waals surface area contributed by atoms with Crippen LogP contribution in [0, 0.1) is 11.3 Å². The highest BCUT2D eigenvalue weighted by molar-refractivity contribution is 7.89. The van der Waals surface area contributed by atoms with Crippen molar-refractivity contribution in [1.29, 1.82) is 5.26 Å². The fourth-order valence-electron chi connectivity index (χ4n) is 1.81. The summed E-state index contributed by atoms with van der Waals surface area (Å²) in [5.74, 6) is -0.0884. The van der Waals surface area contributed by atoms with Crippen molar-refractivity contribution in [2.45, 2.75) is 23.8 Å². The lowest BCUT2D eigenvalue weighted by Crippen LogP contribution is -2.47. The maximum absolute atomic E-state index is 12.1. The second kappa shape index (κ2) is 5.34. The summed E-state index contributed by atoms with van der Waals surface area (Å²) < 4.78 is 26.8. The zero-order valence-corrected chi connectivity index (χ0v) is 10.8. The molecule has 0 saturated carbocycles. The maximum atomic E-state index is 12.1. The predicted octanol–water partition coefficient (Wildman–Crippen LogP) is -0.490. The van der Waals surface area contributed by atoms with Gasteiger partial charge >= 0.3 is 0 Å². The first-order chi connectivity index (χ1) is 9.03. The second-order valence-electron chi connectivity index (χ2n) is 4.12. The summed E-state index contributed by atoms with van der Waals surface area (Å²) in [4.78, 5) is 14.6. The first-order valence-electron chi connectivity index (χ1n) is 5.67. The molecule has 2 rings (SSSR count). The summed E-state index contributed by atoms with van der Waals surface area (Å²) in [5.41, 5.74) is -0.144. The fraction of sp³-hybridized carbons (Fsp3) is 0.364. The highest BCUT2D eigenvalue weighted by Gasteiger charge is 2.26. The normalized spacial score (nSPS) is 19.5. The van der Waals surface area contributed by atoms with Gasteiger partial charge in [-0.25, -0.2) is 18.1 Å². The summed E-state index contributed by atoms with van der Waals surface area (Å²) in [6.45, 7) is 0.250. The van der Waals surface area contributed by atoms with Crippen LogP contribution in [-0.4, -0.2) is 31.9 Å². The summed E-state index contributed by atoms with van der Waals surface area (Å²) >= 11 is 0. The molecule has 2 N–H and O–H groups in total. The summed E-state index contributed by atoms with van der Waals surface area (Å²) in [6, 6.07) is 4.16. The monoisotopic (exact) mass is 280 g/mol. The number of aromatic nitrogens is 1. The van der Waals surface area contributed by atoms with Gasteiger partial charge in [0.2, 0.25) is 15.9 Å². The molecule has 1 aliphatic heterocycles. The Hall–Kier alpha value is -1.98. The lowest BCUT2D eigenvalue weighted by molar-refractivity contribution is -0.122. The van der Waals surface area contributed by atoms with Gasteiger partial charge in [0.05, 0.1) is 0 Å². The van der Waals surface area contributed by atoms with Crippen LogP contribution in [0.15, 0.2) is 23.2 Å². The van der Waals surface area contributed by atoms with Crippen molar-refractivity contribution in [3.8, 4) is 6.07 Å². The Morgan fingerprint density at radius 3 is 2.95 bits per heavy atom. The SMILES string of the molecule is N#Cc1ncccc1S(=O)(=O)NC1CCC(=O)NC1. The number of nitriles is 1. The molecule has 1 aromatic rings.